The van der Waals surface area contributed by atoms with Gasteiger partial charge >= 0.3 is 18.5 Å². The first-order valence-corrected chi connectivity index (χ1v) is 4.79. The van der Waals surface area contributed by atoms with E-state index in [1.807, 2.05) is 0 Å². The number of aliphatic carboxylic acids is 1. The molecule has 2 N–H and O–H groups in total. The van der Waals surface area contributed by atoms with Crippen LogP contribution < -0.4 is 4.74 Å². The normalized spacial score (nSPS) is 13.9. The number of carboxylic acids is 1. The average Bonchev–Trinajstić information content (AvgIpc) is 2.23. The van der Waals surface area contributed by atoms with Crippen LogP contribution in [-0.2, 0) is 11.0 Å². The first-order chi connectivity index (χ1) is 8.92. The third-order valence-electron chi connectivity index (χ3n) is 2.09. The summed E-state index contributed by atoms with van der Waals surface area (Å²) in [6.07, 6.45) is -12.8. The number of carbonyl (C=O) groups is 1. The van der Waals surface area contributed by atoms with Gasteiger partial charge in [-0.2, -0.15) is 13.2 Å². The van der Waals surface area contributed by atoms with Gasteiger partial charge in [0, 0.05) is 0 Å². The summed E-state index contributed by atoms with van der Waals surface area (Å²) in [5.74, 6) is -3.47. The van der Waals surface area contributed by atoms with Crippen LogP contribution in [0.2, 0.25) is 0 Å². The van der Waals surface area contributed by atoms with Crippen molar-refractivity contribution in [3.05, 3.63) is 29.3 Å². The van der Waals surface area contributed by atoms with E-state index in [1.165, 1.54) is 0 Å². The maximum atomic E-state index is 12.5. The number of carboxylic acid groups (broad SMARTS) is 1. The lowest BCUT2D eigenvalue weighted by molar-refractivity contribution is -0.276. The Morgan fingerprint density at radius 2 is 1.70 bits per heavy atom. The number of benzene rings is 1. The summed E-state index contributed by atoms with van der Waals surface area (Å²) in [5.41, 5.74) is -2.42. The highest BCUT2D eigenvalue weighted by Crippen LogP contribution is 2.39. The van der Waals surface area contributed by atoms with Crippen LogP contribution >= 0.6 is 0 Å². The number of aliphatic hydroxyl groups is 1. The third-order valence-corrected chi connectivity index (χ3v) is 2.09. The first-order valence-electron chi connectivity index (χ1n) is 4.79. The molecule has 4 nitrogen and oxygen atoms in total. The Morgan fingerprint density at radius 1 is 1.15 bits per heavy atom. The summed E-state index contributed by atoms with van der Waals surface area (Å²) < 4.78 is 76.8. The molecule has 0 amide bonds. The van der Waals surface area contributed by atoms with Crippen LogP contribution in [0.4, 0.5) is 26.3 Å². The standard InChI is InChI=1S/C10H6F6O4/c11-9(12,13)5-2-1-4(7(17)8(18)19)3-6(5)20-10(14,15)16/h1-3,7,17H,(H,18,19). The van der Waals surface area contributed by atoms with Gasteiger partial charge in [0.25, 0.3) is 0 Å². The van der Waals surface area contributed by atoms with Crippen molar-refractivity contribution in [2.24, 2.45) is 0 Å². The molecular formula is C10H6F6O4. The van der Waals surface area contributed by atoms with Gasteiger partial charge in [-0.25, -0.2) is 4.79 Å². The molecule has 1 aromatic carbocycles. The van der Waals surface area contributed by atoms with E-state index in [4.69, 9.17) is 10.2 Å². The second-order valence-corrected chi connectivity index (χ2v) is 3.54. The summed E-state index contributed by atoms with van der Waals surface area (Å²) >= 11 is 0. The van der Waals surface area contributed by atoms with Crippen LogP contribution in [0.5, 0.6) is 5.75 Å². The van der Waals surface area contributed by atoms with Crippen LogP contribution in [0.3, 0.4) is 0 Å². The van der Waals surface area contributed by atoms with Gasteiger partial charge in [-0.15, -0.1) is 13.2 Å². The summed E-state index contributed by atoms with van der Waals surface area (Å²) in [7, 11) is 0. The highest BCUT2D eigenvalue weighted by atomic mass is 19.4. The maximum absolute atomic E-state index is 12.5. The molecule has 10 heteroatoms. The Bertz CT molecular complexity index is 507. The molecule has 0 saturated heterocycles. The number of aliphatic hydroxyl groups excluding tert-OH is 1. The van der Waals surface area contributed by atoms with E-state index >= 15 is 0 Å². The van der Waals surface area contributed by atoms with Crippen molar-refractivity contribution in [1.29, 1.82) is 0 Å². The van der Waals surface area contributed by atoms with Gasteiger partial charge in [-0.1, -0.05) is 6.07 Å². The molecule has 0 fully saturated rings. The smallest absolute Gasteiger partial charge is 0.479 e. The molecule has 112 valence electrons. The Kier molecular flexibility index (Phi) is 4.18. The third kappa shape index (κ3) is 4.02. The Morgan fingerprint density at radius 3 is 2.10 bits per heavy atom. The minimum Gasteiger partial charge on any atom is -0.479 e. The van der Waals surface area contributed by atoms with E-state index in [1.54, 1.807) is 0 Å². The topological polar surface area (TPSA) is 66.8 Å². The van der Waals surface area contributed by atoms with E-state index in [2.05, 4.69) is 4.74 Å². The maximum Gasteiger partial charge on any atom is 0.573 e. The summed E-state index contributed by atoms with van der Waals surface area (Å²) in [5, 5.41) is 17.5. The van der Waals surface area contributed by atoms with Crippen molar-refractivity contribution in [3.63, 3.8) is 0 Å². The zero-order valence-electron chi connectivity index (χ0n) is 9.29. The van der Waals surface area contributed by atoms with Gasteiger partial charge in [0.15, 0.2) is 6.10 Å². The van der Waals surface area contributed by atoms with Crippen molar-refractivity contribution in [2.45, 2.75) is 18.6 Å². The van der Waals surface area contributed by atoms with E-state index in [0.29, 0.717) is 6.07 Å². The molecule has 0 saturated carbocycles. The van der Waals surface area contributed by atoms with E-state index in [0.717, 1.165) is 0 Å². The zero-order chi connectivity index (χ0) is 15.7. The van der Waals surface area contributed by atoms with Crippen LogP contribution in [0, 0.1) is 0 Å². The second kappa shape index (κ2) is 5.19. The SMILES string of the molecule is O=C(O)C(O)c1ccc(C(F)(F)F)c(OC(F)(F)F)c1. The monoisotopic (exact) mass is 304 g/mol. The summed E-state index contributed by atoms with van der Waals surface area (Å²) in [4.78, 5) is 10.4. The molecule has 0 aromatic heterocycles. The predicted molar refractivity (Wildman–Crippen MR) is 50.7 cm³/mol. The molecule has 0 radical (unpaired) electrons. The highest BCUT2D eigenvalue weighted by molar-refractivity contribution is 5.74. The largest absolute Gasteiger partial charge is 0.573 e. The van der Waals surface area contributed by atoms with Crippen molar-refractivity contribution < 1.29 is 46.1 Å². The van der Waals surface area contributed by atoms with Gasteiger partial charge < -0.3 is 14.9 Å². The lowest BCUT2D eigenvalue weighted by atomic mass is 10.1. The molecule has 0 aliphatic heterocycles. The fourth-order valence-electron chi connectivity index (χ4n) is 1.29. The summed E-state index contributed by atoms with van der Waals surface area (Å²) in [6.45, 7) is 0. The number of halogens is 6. The lowest BCUT2D eigenvalue weighted by Crippen LogP contribution is -2.21. The number of rotatable bonds is 3. The second-order valence-electron chi connectivity index (χ2n) is 3.54. The number of hydrogen-bond donors (Lipinski definition) is 2. The molecule has 1 unspecified atom stereocenters. The van der Waals surface area contributed by atoms with Crippen LogP contribution in [-0.4, -0.2) is 22.5 Å². The summed E-state index contributed by atoms with van der Waals surface area (Å²) in [6, 6.07) is 0.919. The molecule has 0 heterocycles. The molecule has 1 atom stereocenters. The first kappa shape index (κ1) is 16.1. The van der Waals surface area contributed by atoms with Gasteiger partial charge in [0.05, 0.1) is 5.56 Å². The molecule has 0 aliphatic rings. The van der Waals surface area contributed by atoms with Crippen molar-refractivity contribution in [1.82, 2.24) is 0 Å². The zero-order valence-corrected chi connectivity index (χ0v) is 9.29. The number of hydrogen-bond acceptors (Lipinski definition) is 3. The molecule has 20 heavy (non-hydrogen) atoms. The number of alkyl halides is 6. The minimum atomic E-state index is -5.40. The number of ether oxygens (including phenoxy) is 1. The molecule has 1 rings (SSSR count). The van der Waals surface area contributed by atoms with Gasteiger partial charge in [-0.3, -0.25) is 0 Å². The molecular weight excluding hydrogens is 298 g/mol. The quantitative estimate of drug-likeness (QED) is 0.843. The minimum absolute atomic E-state index is 0.176. The van der Waals surface area contributed by atoms with Gasteiger partial charge in [0.2, 0.25) is 0 Å². The van der Waals surface area contributed by atoms with Crippen molar-refractivity contribution in [3.8, 4) is 5.75 Å². The molecule has 1 aromatic rings. The molecule has 0 aliphatic carbocycles. The fraction of sp³-hybridized carbons (Fsp3) is 0.300. The highest BCUT2D eigenvalue weighted by Gasteiger charge is 2.39. The van der Waals surface area contributed by atoms with Crippen molar-refractivity contribution >= 4 is 5.97 Å². The Hall–Kier alpha value is -1.97. The fourth-order valence-corrected chi connectivity index (χ4v) is 1.29. The van der Waals surface area contributed by atoms with E-state index < -0.39 is 41.5 Å². The van der Waals surface area contributed by atoms with E-state index in [9.17, 15) is 31.1 Å². The Balaban J connectivity index is 3.32. The van der Waals surface area contributed by atoms with Crippen LogP contribution in [0.15, 0.2) is 18.2 Å². The Labute approximate surface area is 107 Å². The van der Waals surface area contributed by atoms with Crippen molar-refractivity contribution in [2.75, 3.05) is 0 Å². The molecule has 0 spiro atoms. The average molecular weight is 304 g/mol. The predicted octanol–water partition coefficient (Wildman–Crippen LogP) is 2.72. The van der Waals surface area contributed by atoms with E-state index in [-0.39, 0.29) is 12.1 Å². The molecule has 0 bridgehead atoms. The lowest BCUT2D eigenvalue weighted by Gasteiger charge is -2.17. The van der Waals surface area contributed by atoms with Gasteiger partial charge in [-0.05, 0) is 17.7 Å². The van der Waals surface area contributed by atoms with Crippen LogP contribution in [0.1, 0.15) is 17.2 Å². The van der Waals surface area contributed by atoms with Gasteiger partial charge in [0.1, 0.15) is 5.75 Å². The van der Waals surface area contributed by atoms with Crippen LogP contribution in [0.25, 0.3) is 0 Å².